The molecule has 1 saturated heterocycles. The normalized spacial score (nSPS) is 18.1. The third-order valence-electron chi connectivity index (χ3n) is 4.66. The Morgan fingerprint density at radius 2 is 1.79 bits per heavy atom. The number of rotatable bonds is 3. The molecule has 3 amide bonds. The van der Waals surface area contributed by atoms with Gasteiger partial charge in [-0.05, 0) is 37.3 Å². The molecule has 0 saturated carbocycles. The third-order valence-corrected chi connectivity index (χ3v) is 4.66. The molecule has 2 aromatic rings. The molecule has 2 heterocycles. The molecule has 4 rings (SSSR count). The first-order valence-corrected chi connectivity index (χ1v) is 8.65. The fourth-order valence-corrected chi connectivity index (χ4v) is 3.34. The molecule has 0 N–H and O–H groups in total. The monoisotopic (exact) mass is 378 g/mol. The summed E-state index contributed by atoms with van der Waals surface area (Å²) in [6.07, 6.45) is -1.36. The topological polar surface area (TPSA) is 66.9 Å². The maximum absolute atomic E-state index is 14.1. The SMILES string of the molecule is CC#Cc1ccc(N2CC(CN3C(=O)c4ccccc4C3=O)OC2=O)cc1F. The lowest BCUT2D eigenvalue weighted by Crippen LogP contribution is -2.38. The van der Waals surface area contributed by atoms with E-state index in [1.54, 1.807) is 37.3 Å². The summed E-state index contributed by atoms with van der Waals surface area (Å²) in [5.41, 5.74) is 1.24. The number of hydrogen-bond donors (Lipinski definition) is 0. The molecule has 140 valence electrons. The van der Waals surface area contributed by atoms with Crippen LogP contribution in [0.25, 0.3) is 0 Å². The zero-order valence-corrected chi connectivity index (χ0v) is 14.9. The van der Waals surface area contributed by atoms with E-state index in [1.807, 2.05) is 0 Å². The molecule has 0 radical (unpaired) electrons. The summed E-state index contributed by atoms with van der Waals surface area (Å²) in [7, 11) is 0. The summed E-state index contributed by atoms with van der Waals surface area (Å²) in [5, 5.41) is 0. The second-order valence-electron chi connectivity index (χ2n) is 6.42. The predicted octanol–water partition coefficient (Wildman–Crippen LogP) is 2.82. The Labute approximate surface area is 160 Å². The second-order valence-corrected chi connectivity index (χ2v) is 6.42. The fraction of sp³-hybridized carbons (Fsp3) is 0.190. The highest BCUT2D eigenvalue weighted by atomic mass is 19.1. The lowest BCUT2D eigenvalue weighted by Gasteiger charge is -2.17. The molecule has 0 aliphatic carbocycles. The summed E-state index contributed by atoms with van der Waals surface area (Å²) < 4.78 is 19.4. The number of nitrogens with zero attached hydrogens (tertiary/aromatic N) is 2. The Hall–Kier alpha value is -3.66. The van der Waals surface area contributed by atoms with E-state index < -0.39 is 29.8 Å². The molecule has 1 fully saturated rings. The van der Waals surface area contributed by atoms with Crippen LogP contribution in [0, 0.1) is 17.7 Å². The molecule has 7 heteroatoms. The zero-order chi connectivity index (χ0) is 19.8. The van der Waals surface area contributed by atoms with E-state index in [0.717, 1.165) is 4.90 Å². The fourth-order valence-electron chi connectivity index (χ4n) is 3.34. The number of benzene rings is 2. The van der Waals surface area contributed by atoms with E-state index in [9.17, 15) is 18.8 Å². The van der Waals surface area contributed by atoms with E-state index in [-0.39, 0.29) is 18.7 Å². The van der Waals surface area contributed by atoms with Crippen molar-refractivity contribution in [3.8, 4) is 11.8 Å². The van der Waals surface area contributed by atoms with Crippen molar-refractivity contribution in [3.63, 3.8) is 0 Å². The van der Waals surface area contributed by atoms with Gasteiger partial charge in [0.15, 0.2) is 0 Å². The number of halogens is 1. The molecule has 0 spiro atoms. The van der Waals surface area contributed by atoms with E-state index in [2.05, 4.69) is 11.8 Å². The van der Waals surface area contributed by atoms with E-state index in [4.69, 9.17) is 4.74 Å². The Kier molecular flexibility index (Phi) is 4.32. The van der Waals surface area contributed by atoms with Gasteiger partial charge in [-0.1, -0.05) is 18.1 Å². The predicted molar refractivity (Wildman–Crippen MR) is 98.4 cm³/mol. The van der Waals surface area contributed by atoms with E-state index in [1.165, 1.54) is 17.0 Å². The molecule has 0 aromatic heterocycles. The van der Waals surface area contributed by atoms with E-state index in [0.29, 0.717) is 16.8 Å². The van der Waals surface area contributed by atoms with Crippen LogP contribution in [0.5, 0.6) is 0 Å². The Morgan fingerprint density at radius 1 is 1.11 bits per heavy atom. The Morgan fingerprint density at radius 3 is 2.39 bits per heavy atom. The van der Waals surface area contributed by atoms with Crippen LogP contribution in [0.4, 0.5) is 14.9 Å². The highest BCUT2D eigenvalue weighted by Crippen LogP contribution is 2.27. The standard InChI is InChI=1S/C21H15FN2O4/c1-2-5-13-8-9-14(10-18(13)22)23-11-15(28-21(23)27)12-24-19(25)16-6-3-4-7-17(16)20(24)26/h3-4,6-10,15H,11-12H2,1H3. The van der Waals surface area contributed by atoms with Crippen molar-refractivity contribution >= 4 is 23.6 Å². The van der Waals surface area contributed by atoms with Gasteiger partial charge in [-0.2, -0.15) is 0 Å². The lowest BCUT2D eigenvalue weighted by atomic mass is 10.1. The molecule has 2 aliphatic rings. The van der Waals surface area contributed by atoms with Crippen LogP contribution in [-0.2, 0) is 4.74 Å². The van der Waals surface area contributed by atoms with Crippen molar-refractivity contribution in [3.05, 3.63) is 65.0 Å². The average Bonchev–Trinajstić information content (AvgIpc) is 3.17. The van der Waals surface area contributed by atoms with Crippen LogP contribution in [0.15, 0.2) is 42.5 Å². The van der Waals surface area contributed by atoms with Crippen molar-refractivity contribution in [2.24, 2.45) is 0 Å². The minimum Gasteiger partial charge on any atom is -0.442 e. The van der Waals surface area contributed by atoms with Gasteiger partial charge in [0.1, 0.15) is 11.9 Å². The van der Waals surface area contributed by atoms with Crippen LogP contribution in [-0.4, -0.2) is 42.0 Å². The van der Waals surface area contributed by atoms with Gasteiger partial charge in [0.25, 0.3) is 11.8 Å². The van der Waals surface area contributed by atoms with Crippen molar-refractivity contribution in [2.75, 3.05) is 18.0 Å². The number of hydrogen-bond acceptors (Lipinski definition) is 4. The summed E-state index contributed by atoms with van der Waals surface area (Å²) in [5.74, 6) is 3.90. The van der Waals surface area contributed by atoms with Crippen LogP contribution in [0.3, 0.4) is 0 Å². The molecule has 28 heavy (non-hydrogen) atoms. The number of ether oxygens (including phenoxy) is 1. The second kappa shape index (κ2) is 6.82. The Bertz CT molecular complexity index is 1030. The van der Waals surface area contributed by atoms with Crippen LogP contribution in [0.2, 0.25) is 0 Å². The molecule has 2 aromatic carbocycles. The molecular weight excluding hydrogens is 363 g/mol. The summed E-state index contributed by atoms with van der Waals surface area (Å²) >= 11 is 0. The molecule has 0 bridgehead atoms. The van der Waals surface area contributed by atoms with E-state index >= 15 is 0 Å². The van der Waals surface area contributed by atoms with Gasteiger partial charge in [0, 0.05) is 0 Å². The number of carbonyl (C=O) groups excluding carboxylic acids is 3. The van der Waals surface area contributed by atoms with Gasteiger partial charge in [0.2, 0.25) is 0 Å². The van der Waals surface area contributed by atoms with Crippen molar-refractivity contribution in [1.82, 2.24) is 4.90 Å². The number of anilines is 1. The quantitative estimate of drug-likeness (QED) is 0.609. The first kappa shape index (κ1) is 17.7. The minimum atomic E-state index is -0.701. The minimum absolute atomic E-state index is 0.0591. The largest absolute Gasteiger partial charge is 0.442 e. The molecule has 1 atom stereocenters. The maximum atomic E-state index is 14.1. The van der Waals surface area contributed by atoms with Gasteiger partial charge < -0.3 is 4.74 Å². The number of amides is 3. The van der Waals surface area contributed by atoms with Crippen molar-refractivity contribution in [1.29, 1.82) is 0 Å². The lowest BCUT2D eigenvalue weighted by molar-refractivity contribution is 0.0558. The summed E-state index contributed by atoms with van der Waals surface area (Å²) in [6, 6.07) is 10.8. The number of fused-ring (bicyclic) bond motifs is 1. The first-order chi connectivity index (χ1) is 13.5. The summed E-state index contributed by atoms with van der Waals surface area (Å²) in [6.45, 7) is 1.65. The maximum Gasteiger partial charge on any atom is 0.414 e. The summed E-state index contributed by atoms with van der Waals surface area (Å²) in [4.78, 5) is 39.5. The third kappa shape index (κ3) is 2.89. The van der Waals surface area contributed by atoms with Crippen LogP contribution >= 0.6 is 0 Å². The van der Waals surface area contributed by atoms with Gasteiger partial charge >= 0.3 is 6.09 Å². The number of imide groups is 1. The van der Waals surface area contributed by atoms with Crippen LogP contribution < -0.4 is 4.90 Å². The van der Waals surface area contributed by atoms with Crippen LogP contribution in [0.1, 0.15) is 33.2 Å². The first-order valence-electron chi connectivity index (χ1n) is 8.65. The molecular formula is C21H15FN2O4. The van der Waals surface area contributed by atoms with Gasteiger partial charge in [-0.25, -0.2) is 9.18 Å². The molecule has 1 unspecified atom stereocenters. The Balaban J connectivity index is 1.50. The number of carbonyl (C=O) groups is 3. The highest BCUT2D eigenvalue weighted by Gasteiger charge is 2.40. The van der Waals surface area contributed by atoms with Crippen molar-refractivity contribution in [2.45, 2.75) is 13.0 Å². The smallest absolute Gasteiger partial charge is 0.414 e. The molecule has 2 aliphatic heterocycles. The number of cyclic esters (lactones) is 1. The zero-order valence-electron chi connectivity index (χ0n) is 14.9. The van der Waals surface area contributed by atoms with Crippen molar-refractivity contribution < 1.29 is 23.5 Å². The highest BCUT2D eigenvalue weighted by molar-refractivity contribution is 6.21. The van der Waals surface area contributed by atoms with Gasteiger partial charge in [0.05, 0.1) is 35.5 Å². The van der Waals surface area contributed by atoms with Gasteiger partial charge in [-0.15, -0.1) is 5.92 Å². The molecule has 6 nitrogen and oxygen atoms in total. The average molecular weight is 378 g/mol. The van der Waals surface area contributed by atoms with Gasteiger partial charge in [-0.3, -0.25) is 19.4 Å².